The molecule has 2 aliphatic rings. The predicted octanol–water partition coefficient (Wildman–Crippen LogP) is 0.859. The average Bonchev–Trinajstić information content (AvgIpc) is 2.52. The van der Waals surface area contributed by atoms with E-state index in [0.717, 1.165) is 39.3 Å². The molecular weight excluding hydrogens is 290 g/mol. The van der Waals surface area contributed by atoms with Crippen LogP contribution in [0.1, 0.15) is 12.5 Å². The van der Waals surface area contributed by atoms with Crippen molar-refractivity contribution in [3.63, 3.8) is 0 Å². The summed E-state index contributed by atoms with van der Waals surface area (Å²) in [6.45, 7) is 8.03. The average molecular weight is 317 g/mol. The highest BCUT2D eigenvalue weighted by Crippen LogP contribution is 2.16. The Kier molecular flexibility index (Phi) is 5.65. The van der Waals surface area contributed by atoms with Gasteiger partial charge in [0, 0.05) is 32.1 Å². The largest absolute Gasteiger partial charge is 0.374 e. The molecule has 1 aromatic rings. The molecule has 2 aliphatic heterocycles. The fourth-order valence-electron chi connectivity index (χ4n) is 3.14. The van der Waals surface area contributed by atoms with Gasteiger partial charge in [0.05, 0.1) is 12.7 Å². The molecule has 0 radical (unpaired) electrons. The summed E-state index contributed by atoms with van der Waals surface area (Å²) in [5, 5.41) is 6.29. The van der Waals surface area contributed by atoms with Crippen LogP contribution >= 0.6 is 0 Å². The molecular formula is C18H27N3O2. The maximum absolute atomic E-state index is 12.2. The van der Waals surface area contributed by atoms with Crippen molar-refractivity contribution in [3.8, 4) is 0 Å². The number of carbonyl (C=O) groups excluding carboxylic acids is 1. The van der Waals surface area contributed by atoms with Crippen LogP contribution in [0.3, 0.4) is 0 Å². The Hall–Kier alpha value is -1.43. The van der Waals surface area contributed by atoms with Crippen molar-refractivity contribution in [3.05, 3.63) is 35.9 Å². The minimum absolute atomic E-state index is 0.0836. The molecule has 0 spiro atoms. The Morgan fingerprint density at radius 2 is 2.17 bits per heavy atom. The molecule has 1 aromatic carbocycles. The maximum atomic E-state index is 12.2. The fourth-order valence-corrected chi connectivity index (χ4v) is 3.14. The smallest absolute Gasteiger partial charge is 0.223 e. The molecule has 0 aromatic heterocycles. The summed E-state index contributed by atoms with van der Waals surface area (Å²) in [5.74, 6) is 0.720. The minimum Gasteiger partial charge on any atom is -0.374 e. The second kappa shape index (κ2) is 7.90. The van der Waals surface area contributed by atoms with E-state index in [2.05, 4.69) is 39.8 Å². The molecule has 126 valence electrons. The SMILES string of the molecule is CC(C(=O)NCC1CN(Cc2ccccc2)CCO1)C1CNC1. The summed E-state index contributed by atoms with van der Waals surface area (Å²) >= 11 is 0. The van der Waals surface area contributed by atoms with Crippen LogP contribution in [0.25, 0.3) is 0 Å². The van der Waals surface area contributed by atoms with E-state index in [0.29, 0.717) is 12.5 Å². The molecule has 2 N–H and O–H groups in total. The van der Waals surface area contributed by atoms with E-state index >= 15 is 0 Å². The van der Waals surface area contributed by atoms with Crippen LogP contribution in [-0.4, -0.2) is 56.2 Å². The van der Waals surface area contributed by atoms with Crippen molar-refractivity contribution in [2.45, 2.75) is 19.6 Å². The Balaban J connectivity index is 1.42. The number of rotatable bonds is 6. The molecule has 0 saturated carbocycles. The van der Waals surface area contributed by atoms with Gasteiger partial charge in [0.15, 0.2) is 0 Å². The lowest BCUT2D eigenvalue weighted by Gasteiger charge is -2.34. The van der Waals surface area contributed by atoms with Gasteiger partial charge in [-0.15, -0.1) is 0 Å². The maximum Gasteiger partial charge on any atom is 0.223 e. The summed E-state index contributed by atoms with van der Waals surface area (Å²) in [6.07, 6.45) is 0.0862. The molecule has 23 heavy (non-hydrogen) atoms. The van der Waals surface area contributed by atoms with Gasteiger partial charge in [0.1, 0.15) is 0 Å². The predicted molar refractivity (Wildman–Crippen MR) is 90.0 cm³/mol. The van der Waals surface area contributed by atoms with Crippen LogP contribution in [0, 0.1) is 11.8 Å². The Bertz CT molecular complexity index is 504. The summed E-state index contributed by atoms with van der Waals surface area (Å²) < 4.78 is 5.81. The van der Waals surface area contributed by atoms with Gasteiger partial charge in [0.2, 0.25) is 5.91 Å². The van der Waals surface area contributed by atoms with E-state index < -0.39 is 0 Å². The van der Waals surface area contributed by atoms with Crippen LogP contribution in [0.5, 0.6) is 0 Å². The third kappa shape index (κ3) is 4.53. The van der Waals surface area contributed by atoms with Gasteiger partial charge >= 0.3 is 0 Å². The first-order chi connectivity index (χ1) is 11.2. The van der Waals surface area contributed by atoms with Crippen molar-refractivity contribution < 1.29 is 9.53 Å². The monoisotopic (exact) mass is 317 g/mol. The number of hydrogen-bond donors (Lipinski definition) is 2. The lowest BCUT2D eigenvalue weighted by molar-refractivity contribution is -0.127. The molecule has 3 rings (SSSR count). The second-order valence-electron chi connectivity index (χ2n) is 6.67. The number of carbonyl (C=O) groups is 1. The molecule has 2 heterocycles. The molecule has 0 bridgehead atoms. The molecule has 2 saturated heterocycles. The normalized spacial score (nSPS) is 24.0. The number of nitrogens with one attached hydrogen (secondary N) is 2. The van der Waals surface area contributed by atoms with Crippen molar-refractivity contribution in [2.24, 2.45) is 11.8 Å². The fraction of sp³-hybridized carbons (Fsp3) is 0.611. The zero-order valence-corrected chi connectivity index (χ0v) is 13.8. The van der Waals surface area contributed by atoms with Crippen LogP contribution in [0.15, 0.2) is 30.3 Å². The highest BCUT2D eigenvalue weighted by Gasteiger charge is 2.29. The summed E-state index contributed by atoms with van der Waals surface area (Å²) in [5.41, 5.74) is 1.32. The molecule has 5 nitrogen and oxygen atoms in total. The van der Waals surface area contributed by atoms with Crippen LogP contribution in [0.2, 0.25) is 0 Å². The number of ether oxygens (including phenoxy) is 1. The summed E-state index contributed by atoms with van der Waals surface area (Å²) in [7, 11) is 0. The van der Waals surface area contributed by atoms with Gasteiger partial charge in [-0.25, -0.2) is 0 Å². The molecule has 2 atom stereocenters. The molecule has 0 aliphatic carbocycles. The van der Waals surface area contributed by atoms with Gasteiger partial charge in [-0.3, -0.25) is 9.69 Å². The van der Waals surface area contributed by atoms with Crippen LogP contribution < -0.4 is 10.6 Å². The first-order valence-corrected chi connectivity index (χ1v) is 8.58. The number of benzene rings is 1. The van der Waals surface area contributed by atoms with Crippen LogP contribution in [-0.2, 0) is 16.1 Å². The third-order valence-corrected chi connectivity index (χ3v) is 4.91. The quantitative estimate of drug-likeness (QED) is 0.817. The lowest BCUT2D eigenvalue weighted by atomic mass is 9.88. The first kappa shape index (κ1) is 16.4. The molecule has 1 amide bonds. The summed E-state index contributed by atoms with van der Waals surface area (Å²) in [4.78, 5) is 14.6. The topological polar surface area (TPSA) is 53.6 Å². The van der Waals surface area contributed by atoms with Crippen molar-refractivity contribution in [1.29, 1.82) is 0 Å². The number of morpholine rings is 1. The standard InChI is InChI=1S/C18H27N3O2/c1-14(16-9-19-10-16)18(22)20-11-17-13-21(7-8-23-17)12-15-5-3-2-4-6-15/h2-6,14,16-17,19H,7-13H2,1H3,(H,20,22). The molecule has 2 unspecified atom stereocenters. The highest BCUT2D eigenvalue weighted by atomic mass is 16.5. The van der Waals surface area contributed by atoms with Gasteiger partial charge in [-0.05, 0) is 24.6 Å². The number of hydrogen-bond acceptors (Lipinski definition) is 4. The van der Waals surface area contributed by atoms with E-state index in [1.54, 1.807) is 0 Å². The van der Waals surface area contributed by atoms with E-state index in [1.807, 2.05) is 13.0 Å². The molecule has 2 fully saturated rings. The third-order valence-electron chi connectivity index (χ3n) is 4.91. The zero-order chi connectivity index (χ0) is 16.1. The van der Waals surface area contributed by atoms with Crippen molar-refractivity contribution in [2.75, 3.05) is 39.3 Å². The highest BCUT2D eigenvalue weighted by molar-refractivity contribution is 5.78. The first-order valence-electron chi connectivity index (χ1n) is 8.58. The molecule has 5 heteroatoms. The Morgan fingerprint density at radius 1 is 1.39 bits per heavy atom. The summed E-state index contributed by atoms with van der Waals surface area (Å²) in [6, 6.07) is 10.5. The van der Waals surface area contributed by atoms with Gasteiger partial charge < -0.3 is 15.4 Å². The Morgan fingerprint density at radius 3 is 2.87 bits per heavy atom. The van der Waals surface area contributed by atoms with Gasteiger partial charge in [-0.2, -0.15) is 0 Å². The lowest BCUT2D eigenvalue weighted by Crippen LogP contribution is -2.52. The van der Waals surface area contributed by atoms with Crippen molar-refractivity contribution >= 4 is 5.91 Å². The van der Waals surface area contributed by atoms with Gasteiger partial charge in [-0.1, -0.05) is 37.3 Å². The van der Waals surface area contributed by atoms with E-state index in [1.165, 1.54) is 5.56 Å². The minimum atomic E-state index is 0.0836. The van der Waals surface area contributed by atoms with E-state index in [4.69, 9.17) is 4.74 Å². The number of nitrogens with zero attached hydrogens (tertiary/aromatic N) is 1. The Labute approximate surface area is 138 Å². The van der Waals surface area contributed by atoms with Crippen LogP contribution in [0.4, 0.5) is 0 Å². The van der Waals surface area contributed by atoms with E-state index in [9.17, 15) is 4.79 Å². The second-order valence-corrected chi connectivity index (χ2v) is 6.67. The number of amides is 1. The zero-order valence-electron chi connectivity index (χ0n) is 13.8. The van der Waals surface area contributed by atoms with E-state index in [-0.39, 0.29) is 17.9 Å². The van der Waals surface area contributed by atoms with Gasteiger partial charge in [0.25, 0.3) is 0 Å². The van der Waals surface area contributed by atoms with Crippen molar-refractivity contribution in [1.82, 2.24) is 15.5 Å².